The predicted octanol–water partition coefficient (Wildman–Crippen LogP) is 1.00. The lowest BCUT2D eigenvalue weighted by Gasteiger charge is -2.37. The van der Waals surface area contributed by atoms with Gasteiger partial charge in [0.25, 0.3) is 0 Å². The first-order valence-corrected chi connectivity index (χ1v) is 6.48. The third kappa shape index (κ3) is 3.37. The van der Waals surface area contributed by atoms with Crippen molar-refractivity contribution >= 4 is 11.6 Å². The van der Waals surface area contributed by atoms with Crippen LogP contribution in [0.1, 0.15) is 11.5 Å². The number of nitrogens with zero attached hydrogens (tertiary/aromatic N) is 4. The average molecular weight is 255 g/mol. The molecule has 0 N–H and O–H groups in total. The number of hydrogen-bond acceptors (Lipinski definition) is 4. The summed E-state index contributed by atoms with van der Waals surface area (Å²) in [5.74, 6) is 1.35. The zero-order chi connectivity index (χ0) is 12.3. The molecule has 4 nitrogen and oxygen atoms in total. The van der Waals surface area contributed by atoms with Crippen molar-refractivity contribution in [2.45, 2.75) is 18.3 Å². The molecule has 0 aliphatic carbocycles. The molecule has 0 amide bonds. The molecule has 17 heavy (non-hydrogen) atoms. The van der Waals surface area contributed by atoms with Gasteiger partial charge in [0.2, 0.25) is 0 Å². The molecule has 5 heteroatoms. The van der Waals surface area contributed by atoms with Gasteiger partial charge in [-0.05, 0) is 20.2 Å². The van der Waals surface area contributed by atoms with Crippen molar-refractivity contribution in [1.82, 2.24) is 19.8 Å². The number of hydrogen-bond donors (Lipinski definition) is 0. The van der Waals surface area contributed by atoms with Crippen LogP contribution in [0.25, 0.3) is 0 Å². The Balaban J connectivity index is 2.03. The average Bonchev–Trinajstić information content (AvgIpc) is 2.34. The van der Waals surface area contributed by atoms with Gasteiger partial charge in [-0.15, -0.1) is 11.6 Å². The molecular weight excluding hydrogens is 236 g/mol. The standard InChI is InChI=1S/C12H19ClN4/c1-16-5-6-17(2)11(9-16)7-12-14-4-3-10(8-13)15-12/h3-4,11H,5-9H2,1-2H3. The van der Waals surface area contributed by atoms with E-state index in [1.807, 2.05) is 6.07 Å². The molecule has 1 saturated heterocycles. The Bertz CT molecular complexity index is 371. The third-order valence-electron chi connectivity index (χ3n) is 3.30. The fraction of sp³-hybridized carbons (Fsp3) is 0.667. The van der Waals surface area contributed by atoms with E-state index < -0.39 is 0 Å². The lowest BCUT2D eigenvalue weighted by atomic mass is 10.1. The van der Waals surface area contributed by atoms with Gasteiger partial charge in [-0.3, -0.25) is 0 Å². The van der Waals surface area contributed by atoms with Gasteiger partial charge in [-0.1, -0.05) is 0 Å². The number of alkyl halides is 1. The van der Waals surface area contributed by atoms with Crippen LogP contribution >= 0.6 is 11.6 Å². The van der Waals surface area contributed by atoms with E-state index in [-0.39, 0.29) is 0 Å². The summed E-state index contributed by atoms with van der Waals surface area (Å²) in [6.07, 6.45) is 2.69. The van der Waals surface area contributed by atoms with Crippen LogP contribution in [0.2, 0.25) is 0 Å². The van der Waals surface area contributed by atoms with Gasteiger partial charge in [-0.2, -0.15) is 0 Å². The van der Waals surface area contributed by atoms with Crippen LogP contribution in [0.4, 0.5) is 0 Å². The Morgan fingerprint density at radius 3 is 3.00 bits per heavy atom. The van der Waals surface area contributed by atoms with Gasteiger partial charge in [0, 0.05) is 38.3 Å². The second-order valence-corrected chi connectivity index (χ2v) is 4.97. The summed E-state index contributed by atoms with van der Waals surface area (Å²) >= 11 is 5.78. The topological polar surface area (TPSA) is 32.3 Å². The summed E-state index contributed by atoms with van der Waals surface area (Å²) in [5.41, 5.74) is 0.906. The predicted molar refractivity (Wildman–Crippen MR) is 69.2 cm³/mol. The minimum atomic E-state index is 0.454. The summed E-state index contributed by atoms with van der Waals surface area (Å²) in [6, 6.07) is 2.37. The lowest BCUT2D eigenvalue weighted by Crippen LogP contribution is -2.50. The molecule has 1 unspecified atom stereocenters. The van der Waals surface area contributed by atoms with Crippen molar-refractivity contribution in [3.63, 3.8) is 0 Å². The van der Waals surface area contributed by atoms with Crippen LogP contribution in [0.5, 0.6) is 0 Å². The Labute approximate surface area is 108 Å². The molecule has 0 saturated carbocycles. The number of rotatable bonds is 3. The second-order valence-electron chi connectivity index (χ2n) is 4.70. The third-order valence-corrected chi connectivity index (χ3v) is 3.57. The lowest BCUT2D eigenvalue weighted by molar-refractivity contribution is 0.113. The van der Waals surface area contributed by atoms with Crippen molar-refractivity contribution in [3.05, 3.63) is 23.8 Å². The molecule has 1 fully saturated rings. The van der Waals surface area contributed by atoms with Gasteiger partial charge in [0.05, 0.1) is 11.6 Å². The Kier molecular flexibility index (Phi) is 4.31. The van der Waals surface area contributed by atoms with Gasteiger partial charge in [-0.25, -0.2) is 9.97 Å². The van der Waals surface area contributed by atoms with Gasteiger partial charge < -0.3 is 9.80 Å². The molecule has 1 atom stereocenters. The summed E-state index contributed by atoms with van der Waals surface area (Å²) in [4.78, 5) is 13.5. The Hall–Kier alpha value is -0.710. The smallest absolute Gasteiger partial charge is 0.130 e. The molecule has 2 rings (SSSR count). The highest BCUT2D eigenvalue weighted by Crippen LogP contribution is 2.10. The number of piperazine rings is 1. The molecule has 1 aliphatic rings. The first kappa shape index (κ1) is 12.7. The van der Waals surface area contributed by atoms with E-state index in [1.54, 1.807) is 6.20 Å². The number of aromatic nitrogens is 2. The van der Waals surface area contributed by atoms with Crippen LogP contribution < -0.4 is 0 Å². The second kappa shape index (κ2) is 5.76. The van der Waals surface area contributed by atoms with Gasteiger partial charge in [0.1, 0.15) is 5.82 Å². The molecule has 0 radical (unpaired) electrons. The monoisotopic (exact) mass is 254 g/mol. The largest absolute Gasteiger partial charge is 0.304 e. The fourth-order valence-electron chi connectivity index (χ4n) is 2.15. The van der Waals surface area contributed by atoms with E-state index in [4.69, 9.17) is 11.6 Å². The summed E-state index contributed by atoms with van der Waals surface area (Å²) < 4.78 is 0. The molecule has 1 aliphatic heterocycles. The molecule has 0 aromatic carbocycles. The Morgan fingerprint density at radius 1 is 1.41 bits per heavy atom. The molecule has 2 heterocycles. The SMILES string of the molecule is CN1CCN(C)C(Cc2nccc(CCl)n2)C1. The number of likely N-dealkylation sites (N-methyl/N-ethyl adjacent to an activating group) is 2. The maximum atomic E-state index is 5.78. The highest BCUT2D eigenvalue weighted by molar-refractivity contribution is 6.16. The first-order valence-electron chi connectivity index (χ1n) is 5.94. The van der Waals surface area contributed by atoms with Crippen LogP contribution in [0.15, 0.2) is 12.3 Å². The van der Waals surface area contributed by atoms with Crippen molar-refractivity contribution in [2.24, 2.45) is 0 Å². The molecule has 94 valence electrons. The van der Waals surface area contributed by atoms with E-state index in [0.717, 1.165) is 37.6 Å². The highest BCUT2D eigenvalue weighted by atomic mass is 35.5. The van der Waals surface area contributed by atoms with E-state index in [0.29, 0.717) is 11.9 Å². The summed E-state index contributed by atoms with van der Waals surface area (Å²) in [7, 11) is 4.33. The highest BCUT2D eigenvalue weighted by Gasteiger charge is 2.23. The van der Waals surface area contributed by atoms with E-state index in [2.05, 4.69) is 33.9 Å². The van der Waals surface area contributed by atoms with E-state index >= 15 is 0 Å². The van der Waals surface area contributed by atoms with Crippen molar-refractivity contribution in [2.75, 3.05) is 33.7 Å². The molecule has 0 bridgehead atoms. The van der Waals surface area contributed by atoms with Gasteiger partial charge >= 0.3 is 0 Å². The van der Waals surface area contributed by atoms with Crippen LogP contribution in [0, 0.1) is 0 Å². The van der Waals surface area contributed by atoms with Gasteiger partial charge in [0.15, 0.2) is 0 Å². The minimum Gasteiger partial charge on any atom is -0.304 e. The van der Waals surface area contributed by atoms with Crippen LogP contribution in [-0.2, 0) is 12.3 Å². The van der Waals surface area contributed by atoms with Crippen molar-refractivity contribution in [3.8, 4) is 0 Å². The van der Waals surface area contributed by atoms with E-state index in [9.17, 15) is 0 Å². The Morgan fingerprint density at radius 2 is 2.24 bits per heavy atom. The van der Waals surface area contributed by atoms with Crippen LogP contribution in [-0.4, -0.2) is 59.5 Å². The van der Waals surface area contributed by atoms with Crippen molar-refractivity contribution < 1.29 is 0 Å². The minimum absolute atomic E-state index is 0.454. The summed E-state index contributed by atoms with van der Waals surface area (Å²) in [5, 5.41) is 0. The maximum Gasteiger partial charge on any atom is 0.130 e. The molecule has 0 spiro atoms. The quantitative estimate of drug-likeness (QED) is 0.754. The maximum absolute atomic E-state index is 5.78. The zero-order valence-electron chi connectivity index (χ0n) is 10.4. The normalized spacial score (nSPS) is 22.9. The molecule has 1 aromatic heterocycles. The molecule has 1 aromatic rings. The van der Waals surface area contributed by atoms with Crippen molar-refractivity contribution in [1.29, 1.82) is 0 Å². The first-order chi connectivity index (χ1) is 8.19. The van der Waals surface area contributed by atoms with Crippen LogP contribution in [0.3, 0.4) is 0 Å². The summed E-state index contributed by atoms with van der Waals surface area (Å²) in [6.45, 7) is 3.32. The zero-order valence-corrected chi connectivity index (χ0v) is 11.2. The number of halogens is 1. The molecular formula is C12H19ClN4. The van der Waals surface area contributed by atoms with E-state index in [1.165, 1.54) is 0 Å². The fourth-order valence-corrected chi connectivity index (χ4v) is 2.30.